The van der Waals surface area contributed by atoms with Gasteiger partial charge >= 0.3 is 0 Å². The van der Waals surface area contributed by atoms with Gasteiger partial charge in [0.15, 0.2) is 0 Å². The maximum atomic E-state index is 3.76. The minimum Gasteiger partial charge on any atom is -0.311 e. The predicted molar refractivity (Wildman–Crippen MR) is 89.1 cm³/mol. The predicted octanol–water partition coefficient (Wildman–Crippen LogP) is 3.62. The Balaban J connectivity index is 2.40. The molecule has 0 aliphatic carbocycles. The molecule has 0 amide bonds. The van der Waals surface area contributed by atoms with Crippen LogP contribution < -0.4 is 5.32 Å². The van der Waals surface area contributed by atoms with Gasteiger partial charge in [0, 0.05) is 25.2 Å². The van der Waals surface area contributed by atoms with E-state index in [1.54, 1.807) is 0 Å². The van der Waals surface area contributed by atoms with Crippen LogP contribution in [0.25, 0.3) is 0 Å². The van der Waals surface area contributed by atoms with E-state index in [0.717, 1.165) is 18.0 Å². The normalized spacial score (nSPS) is 25.1. The van der Waals surface area contributed by atoms with Gasteiger partial charge in [-0.05, 0) is 43.2 Å². The van der Waals surface area contributed by atoms with Crippen LogP contribution in [0.15, 0.2) is 0 Å². The molecule has 0 bridgehead atoms. The Hall–Kier alpha value is 0.270. The zero-order valence-electron chi connectivity index (χ0n) is 13.5. The van der Waals surface area contributed by atoms with Crippen molar-refractivity contribution in [3.8, 4) is 0 Å². The van der Waals surface area contributed by atoms with Crippen LogP contribution in [-0.4, -0.2) is 48.1 Å². The van der Waals surface area contributed by atoms with Crippen molar-refractivity contribution in [2.45, 2.75) is 65.5 Å². The average molecular weight is 287 g/mol. The number of piperazine rings is 1. The first kappa shape index (κ1) is 17.3. The number of nitrogens with zero attached hydrogens (tertiary/aromatic N) is 1. The number of rotatable bonds is 9. The molecule has 114 valence electrons. The summed E-state index contributed by atoms with van der Waals surface area (Å²) in [5.74, 6) is 3.39. The molecule has 0 aromatic heterocycles. The van der Waals surface area contributed by atoms with Crippen LogP contribution in [0.4, 0.5) is 0 Å². The molecule has 1 saturated heterocycles. The van der Waals surface area contributed by atoms with Crippen LogP contribution in [0.3, 0.4) is 0 Å². The van der Waals surface area contributed by atoms with Crippen molar-refractivity contribution >= 4 is 11.8 Å². The summed E-state index contributed by atoms with van der Waals surface area (Å²) < 4.78 is 0. The van der Waals surface area contributed by atoms with Crippen LogP contribution in [0.2, 0.25) is 0 Å². The van der Waals surface area contributed by atoms with E-state index in [-0.39, 0.29) is 0 Å². The Morgan fingerprint density at radius 1 is 1.32 bits per heavy atom. The Labute approximate surface area is 125 Å². The van der Waals surface area contributed by atoms with Crippen molar-refractivity contribution in [2.75, 3.05) is 31.1 Å². The summed E-state index contributed by atoms with van der Waals surface area (Å²) in [5.41, 5.74) is 0. The fourth-order valence-corrected chi connectivity index (χ4v) is 3.66. The van der Waals surface area contributed by atoms with Gasteiger partial charge in [-0.15, -0.1) is 0 Å². The lowest BCUT2D eigenvalue weighted by Gasteiger charge is -2.41. The van der Waals surface area contributed by atoms with E-state index in [2.05, 4.69) is 49.7 Å². The maximum absolute atomic E-state index is 3.76. The summed E-state index contributed by atoms with van der Waals surface area (Å²) in [6.45, 7) is 13.0. The summed E-state index contributed by atoms with van der Waals surface area (Å²) in [5, 5.41) is 3.76. The molecule has 0 aromatic carbocycles. The van der Waals surface area contributed by atoms with Crippen LogP contribution >= 0.6 is 11.8 Å². The molecular weight excluding hydrogens is 252 g/mol. The Kier molecular flexibility index (Phi) is 9.17. The van der Waals surface area contributed by atoms with Crippen molar-refractivity contribution in [3.63, 3.8) is 0 Å². The van der Waals surface area contributed by atoms with E-state index in [1.165, 1.54) is 56.8 Å². The third kappa shape index (κ3) is 7.01. The van der Waals surface area contributed by atoms with Crippen LogP contribution in [-0.2, 0) is 0 Å². The van der Waals surface area contributed by atoms with Gasteiger partial charge in [0.05, 0.1) is 0 Å². The monoisotopic (exact) mass is 286 g/mol. The van der Waals surface area contributed by atoms with Crippen molar-refractivity contribution in [1.29, 1.82) is 0 Å². The second kappa shape index (κ2) is 10.1. The van der Waals surface area contributed by atoms with E-state index in [0.29, 0.717) is 0 Å². The maximum Gasteiger partial charge on any atom is 0.0223 e. The largest absolute Gasteiger partial charge is 0.311 e. The van der Waals surface area contributed by atoms with Gasteiger partial charge in [0.2, 0.25) is 0 Å². The number of hydrogen-bond acceptors (Lipinski definition) is 3. The average Bonchev–Trinajstić information content (AvgIpc) is 2.37. The first-order valence-corrected chi connectivity index (χ1v) is 9.38. The third-order valence-corrected chi connectivity index (χ3v) is 4.92. The molecule has 2 unspecified atom stereocenters. The smallest absolute Gasteiger partial charge is 0.0223 e. The molecule has 3 heteroatoms. The van der Waals surface area contributed by atoms with E-state index in [4.69, 9.17) is 0 Å². The fraction of sp³-hybridized carbons (Fsp3) is 1.00. The lowest BCUT2D eigenvalue weighted by Crippen LogP contribution is -2.56. The molecule has 1 heterocycles. The fourth-order valence-electron chi connectivity index (χ4n) is 3.03. The molecular formula is C16H34N2S. The zero-order chi connectivity index (χ0) is 14.1. The highest BCUT2D eigenvalue weighted by Gasteiger charge is 2.27. The summed E-state index contributed by atoms with van der Waals surface area (Å²) in [6.07, 6.45) is 5.32. The van der Waals surface area contributed by atoms with Crippen LogP contribution in [0.1, 0.15) is 53.4 Å². The lowest BCUT2D eigenvalue weighted by molar-refractivity contribution is 0.111. The zero-order valence-corrected chi connectivity index (χ0v) is 14.3. The van der Waals surface area contributed by atoms with Crippen molar-refractivity contribution in [2.24, 2.45) is 5.92 Å². The molecule has 1 aliphatic rings. The molecule has 1 fully saturated rings. The summed E-state index contributed by atoms with van der Waals surface area (Å²) >= 11 is 2.08. The summed E-state index contributed by atoms with van der Waals surface area (Å²) in [4.78, 5) is 2.77. The molecule has 19 heavy (non-hydrogen) atoms. The van der Waals surface area contributed by atoms with Gasteiger partial charge in [-0.25, -0.2) is 0 Å². The molecule has 1 rings (SSSR count). The van der Waals surface area contributed by atoms with Crippen molar-refractivity contribution < 1.29 is 0 Å². The lowest BCUT2D eigenvalue weighted by atomic mass is 9.97. The standard InChI is InChI=1S/C16H34N2S/c1-5-8-15-13-18(9-7-10-19-6-2)16(12-17-15)11-14(3)4/h14-17H,5-13H2,1-4H3. The molecule has 0 radical (unpaired) electrons. The highest BCUT2D eigenvalue weighted by atomic mass is 32.2. The van der Waals surface area contributed by atoms with Crippen molar-refractivity contribution in [3.05, 3.63) is 0 Å². The highest BCUT2D eigenvalue weighted by molar-refractivity contribution is 7.99. The molecule has 1 aliphatic heterocycles. The number of hydrogen-bond donors (Lipinski definition) is 1. The van der Waals surface area contributed by atoms with Gasteiger partial charge in [-0.2, -0.15) is 11.8 Å². The second-order valence-electron chi connectivity index (χ2n) is 6.22. The van der Waals surface area contributed by atoms with E-state index >= 15 is 0 Å². The van der Waals surface area contributed by atoms with Gasteiger partial charge in [0.1, 0.15) is 0 Å². The number of nitrogens with one attached hydrogen (secondary N) is 1. The third-order valence-electron chi connectivity index (χ3n) is 3.93. The van der Waals surface area contributed by atoms with E-state index in [1.807, 2.05) is 0 Å². The summed E-state index contributed by atoms with van der Waals surface area (Å²) in [6, 6.07) is 1.49. The SMILES string of the molecule is CCCC1CN(CCCSCC)C(CC(C)C)CN1. The molecule has 2 atom stereocenters. The van der Waals surface area contributed by atoms with Gasteiger partial charge in [-0.3, -0.25) is 4.90 Å². The first-order valence-electron chi connectivity index (χ1n) is 8.22. The quantitative estimate of drug-likeness (QED) is 0.652. The minimum absolute atomic E-state index is 0.729. The van der Waals surface area contributed by atoms with E-state index < -0.39 is 0 Å². The Morgan fingerprint density at radius 2 is 2.11 bits per heavy atom. The van der Waals surface area contributed by atoms with Crippen LogP contribution in [0, 0.1) is 5.92 Å². The van der Waals surface area contributed by atoms with Crippen LogP contribution in [0.5, 0.6) is 0 Å². The van der Waals surface area contributed by atoms with Gasteiger partial charge in [-0.1, -0.05) is 34.1 Å². The molecule has 0 saturated carbocycles. The van der Waals surface area contributed by atoms with Crippen molar-refractivity contribution in [1.82, 2.24) is 10.2 Å². The number of thioether (sulfide) groups is 1. The molecule has 0 aromatic rings. The first-order chi connectivity index (χ1) is 9.17. The topological polar surface area (TPSA) is 15.3 Å². The summed E-state index contributed by atoms with van der Waals surface area (Å²) in [7, 11) is 0. The van der Waals surface area contributed by atoms with Gasteiger partial charge < -0.3 is 5.32 Å². The molecule has 1 N–H and O–H groups in total. The minimum atomic E-state index is 0.729. The second-order valence-corrected chi connectivity index (χ2v) is 7.62. The Bertz CT molecular complexity index is 221. The molecule has 2 nitrogen and oxygen atoms in total. The van der Waals surface area contributed by atoms with E-state index in [9.17, 15) is 0 Å². The Morgan fingerprint density at radius 3 is 2.74 bits per heavy atom. The highest BCUT2D eigenvalue weighted by Crippen LogP contribution is 2.18. The van der Waals surface area contributed by atoms with Gasteiger partial charge in [0.25, 0.3) is 0 Å². The molecule has 0 spiro atoms.